The first-order chi connectivity index (χ1) is 8.13. The summed E-state index contributed by atoms with van der Waals surface area (Å²) in [4.78, 5) is 22.6. The van der Waals surface area contributed by atoms with Gasteiger partial charge < -0.3 is 10.6 Å². The molecule has 0 unspecified atom stereocenters. The van der Waals surface area contributed by atoms with Crippen LogP contribution >= 0.6 is 0 Å². The van der Waals surface area contributed by atoms with Gasteiger partial charge in [-0.1, -0.05) is 19.1 Å². The minimum atomic E-state index is -0.524. The third-order valence-corrected chi connectivity index (χ3v) is 2.04. The largest absolute Gasteiger partial charge is 0.356 e. The topological polar surface area (TPSA) is 58.2 Å². The molecule has 2 amide bonds. The second kappa shape index (κ2) is 6.62. The molecule has 0 saturated carbocycles. The van der Waals surface area contributed by atoms with E-state index < -0.39 is 11.7 Å². The van der Waals surface area contributed by atoms with E-state index in [2.05, 4.69) is 10.6 Å². The van der Waals surface area contributed by atoms with Crippen LogP contribution in [0.25, 0.3) is 0 Å². The molecule has 0 atom stereocenters. The number of carbonyl (C=O) groups is 2. The molecule has 92 valence electrons. The van der Waals surface area contributed by atoms with E-state index in [9.17, 15) is 14.0 Å². The predicted octanol–water partition coefficient (Wildman–Crippen LogP) is 1.68. The molecule has 0 radical (unpaired) electrons. The van der Waals surface area contributed by atoms with Crippen LogP contribution in [0.15, 0.2) is 24.3 Å². The molecule has 1 rings (SSSR count). The van der Waals surface area contributed by atoms with E-state index in [1.54, 1.807) is 6.07 Å². The number of benzene rings is 1. The Morgan fingerprint density at radius 3 is 2.59 bits per heavy atom. The summed E-state index contributed by atoms with van der Waals surface area (Å²) in [5, 5.41) is 4.91. The van der Waals surface area contributed by atoms with Crippen LogP contribution in [-0.2, 0) is 9.59 Å². The molecule has 0 aliphatic carbocycles. The Balaban J connectivity index is 2.45. The van der Waals surface area contributed by atoms with Gasteiger partial charge in [-0.25, -0.2) is 4.39 Å². The summed E-state index contributed by atoms with van der Waals surface area (Å²) >= 11 is 0. The molecule has 1 aromatic carbocycles. The molecule has 0 aliphatic heterocycles. The molecule has 0 spiro atoms. The molecule has 0 aromatic heterocycles. The second-order valence-electron chi connectivity index (χ2n) is 3.55. The van der Waals surface area contributed by atoms with E-state index in [-0.39, 0.29) is 18.0 Å². The number of rotatable bonds is 5. The normalized spacial score (nSPS) is 9.76. The van der Waals surface area contributed by atoms with Crippen molar-refractivity contribution in [2.24, 2.45) is 0 Å². The zero-order chi connectivity index (χ0) is 12.7. The molecule has 0 aliphatic rings. The second-order valence-corrected chi connectivity index (χ2v) is 3.55. The van der Waals surface area contributed by atoms with Crippen LogP contribution in [0.5, 0.6) is 0 Å². The van der Waals surface area contributed by atoms with Crippen LogP contribution in [0.3, 0.4) is 0 Å². The summed E-state index contributed by atoms with van der Waals surface area (Å²) < 4.78 is 13.2. The maximum absolute atomic E-state index is 13.2. The molecule has 0 saturated heterocycles. The van der Waals surface area contributed by atoms with Crippen LogP contribution in [0.1, 0.15) is 19.8 Å². The van der Waals surface area contributed by atoms with Crippen molar-refractivity contribution in [2.45, 2.75) is 19.8 Å². The standard InChI is InChI=1S/C12H15FN2O2/c1-2-7-14-11(16)8-12(17)15-10-6-4-3-5-9(10)13/h3-6H,2,7-8H2,1H3,(H,14,16)(H,15,17). The van der Waals surface area contributed by atoms with Crippen LogP contribution < -0.4 is 10.6 Å². The lowest BCUT2D eigenvalue weighted by molar-refractivity contribution is -0.126. The highest BCUT2D eigenvalue weighted by atomic mass is 19.1. The summed E-state index contributed by atoms with van der Waals surface area (Å²) in [7, 11) is 0. The van der Waals surface area contributed by atoms with E-state index in [0.717, 1.165) is 6.42 Å². The summed E-state index contributed by atoms with van der Waals surface area (Å²) in [5.41, 5.74) is 0.0841. The number of hydrogen-bond donors (Lipinski definition) is 2. The predicted molar refractivity (Wildman–Crippen MR) is 62.9 cm³/mol. The van der Waals surface area contributed by atoms with Gasteiger partial charge in [-0.2, -0.15) is 0 Å². The molecule has 5 heteroatoms. The Kier molecular flexibility index (Phi) is 5.13. The molecule has 4 nitrogen and oxygen atoms in total. The SMILES string of the molecule is CCCNC(=O)CC(=O)Nc1ccccc1F. The van der Waals surface area contributed by atoms with Crippen LogP contribution in [0, 0.1) is 5.82 Å². The average molecular weight is 238 g/mol. The maximum atomic E-state index is 13.2. The lowest BCUT2D eigenvalue weighted by atomic mass is 10.3. The van der Waals surface area contributed by atoms with Gasteiger partial charge in [0.05, 0.1) is 5.69 Å². The fourth-order valence-electron chi connectivity index (χ4n) is 1.23. The lowest BCUT2D eigenvalue weighted by Crippen LogP contribution is -2.28. The van der Waals surface area contributed by atoms with Crippen LogP contribution in [0.2, 0.25) is 0 Å². The van der Waals surface area contributed by atoms with Gasteiger partial charge in [0.25, 0.3) is 0 Å². The number of carbonyl (C=O) groups excluding carboxylic acids is 2. The van der Waals surface area contributed by atoms with Gasteiger partial charge in [0.15, 0.2) is 0 Å². The third-order valence-electron chi connectivity index (χ3n) is 2.04. The van der Waals surface area contributed by atoms with Gasteiger partial charge in [0.1, 0.15) is 12.2 Å². The van der Waals surface area contributed by atoms with Gasteiger partial charge >= 0.3 is 0 Å². The van der Waals surface area contributed by atoms with Crippen LogP contribution in [-0.4, -0.2) is 18.4 Å². The van der Waals surface area contributed by atoms with Crippen molar-refractivity contribution in [3.63, 3.8) is 0 Å². The van der Waals surface area contributed by atoms with E-state index >= 15 is 0 Å². The van der Waals surface area contributed by atoms with Crippen molar-refractivity contribution in [1.29, 1.82) is 0 Å². The first-order valence-corrected chi connectivity index (χ1v) is 5.44. The number of hydrogen-bond acceptors (Lipinski definition) is 2. The molecule has 0 fully saturated rings. The highest BCUT2D eigenvalue weighted by Crippen LogP contribution is 2.12. The molecule has 0 bridgehead atoms. The maximum Gasteiger partial charge on any atom is 0.233 e. The highest BCUT2D eigenvalue weighted by Gasteiger charge is 2.10. The quantitative estimate of drug-likeness (QED) is 0.767. The van der Waals surface area contributed by atoms with E-state index in [4.69, 9.17) is 0 Å². The number of anilines is 1. The monoisotopic (exact) mass is 238 g/mol. The summed E-state index contributed by atoms with van der Waals surface area (Å²) in [5.74, 6) is -1.40. The third kappa shape index (κ3) is 4.63. The zero-order valence-corrected chi connectivity index (χ0v) is 9.63. The summed E-state index contributed by atoms with van der Waals surface area (Å²) in [6, 6.07) is 5.82. The van der Waals surface area contributed by atoms with E-state index in [1.807, 2.05) is 6.92 Å². The van der Waals surface area contributed by atoms with Crippen molar-refractivity contribution in [2.75, 3.05) is 11.9 Å². The first kappa shape index (κ1) is 13.2. The first-order valence-electron chi connectivity index (χ1n) is 5.44. The fourth-order valence-corrected chi connectivity index (χ4v) is 1.23. The summed E-state index contributed by atoms with van der Waals surface area (Å²) in [6.07, 6.45) is 0.509. The molecule has 17 heavy (non-hydrogen) atoms. The highest BCUT2D eigenvalue weighted by molar-refractivity contribution is 6.03. The van der Waals surface area contributed by atoms with Crippen molar-refractivity contribution < 1.29 is 14.0 Å². The van der Waals surface area contributed by atoms with Crippen molar-refractivity contribution >= 4 is 17.5 Å². The molecule has 0 heterocycles. The van der Waals surface area contributed by atoms with Gasteiger partial charge in [-0.3, -0.25) is 9.59 Å². The minimum Gasteiger partial charge on any atom is -0.356 e. The average Bonchev–Trinajstić information content (AvgIpc) is 2.29. The zero-order valence-electron chi connectivity index (χ0n) is 9.63. The van der Waals surface area contributed by atoms with Gasteiger partial charge in [-0.15, -0.1) is 0 Å². The Labute approximate surface area is 99.2 Å². The molecule has 2 N–H and O–H groups in total. The van der Waals surface area contributed by atoms with Crippen molar-refractivity contribution in [1.82, 2.24) is 5.32 Å². The molecule has 1 aromatic rings. The van der Waals surface area contributed by atoms with Gasteiger partial charge in [0, 0.05) is 6.54 Å². The van der Waals surface area contributed by atoms with Crippen LogP contribution in [0.4, 0.5) is 10.1 Å². The smallest absolute Gasteiger partial charge is 0.233 e. The van der Waals surface area contributed by atoms with E-state index in [0.29, 0.717) is 6.54 Å². The van der Waals surface area contributed by atoms with Crippen molar-refractivity contribution in [3.8, 4) is 0 Å². The number of halogens is 1. The Morgan fingerprint density at radius 2 is 1.94 bits per heavy atom. The van der Waals surface area contributed by atoms with E-state index in [1.165, 1.54) is 18.2 Å². The summed E-state index contributed by atoms with van der Waals surface area (Å²) in [6.45, 7) is 2.45. The minimum absolute atomic E-state index is 0.0841. The van der Waals surface area contributed by atoms with Gasteiger partial charge in [0.2, 0.25) is 11.8 Å². The number of nitrogens with one attached hydrogen (secondary N) is 2. The Hall–Kier alpha value is -1.91. The van der Waals surface area contributed by atoms with Crippen molar-refractivity contribution in [3.05, 3.63) is 30.1 Å². The molecular weight excluding hydrogens is 223 g/mol. The lowest BCUT2D eigenvalue weighted by Gasteiger charge is -2.06. The number of para-hydroxylation sites is 1. The Bertz CT molecular complexity index is 407. The van der Waals surface area contributed by atoms with Gasteiger partial charge in [-0.05, 0) is 18.6 Å². The number of amides is 2. The Morgan fingerprint density at radius 1 is 1.24 bits per heavy atom. The fraction of sp³-hybridized carbons (Fsp3) is 0.333. The molecular formula is C12H15FN2O2.